The second kappa shape index (κ2) is 9.34. The molecule has 1 amide bonds. The van der Waals surface area contributed by atoms with Crippen molar-refractivity contribution in [2.45, 2.75) is 38.4 Å². The summed E-state index contributed by atoms with van der Waals surface area (Å²) in [4.78, 5) is 27.7. The molecule has 0 saturated carbocycles. The fraction of sp³-hybridized carbons (Fsp3) is 0.391. The summed E-state index contributed by atoms with van der Waals surface area (Å²) in [5.74, 6) is -0.401. The molecule has 2 aromatic rings. The zero-order chi connectivity index (χ0) is 22.8. The van der Waals surface area contributed by atoms with Gasteiger partial charge in [0.15, 0.2) is 0 Å². The van der Waals surface area contributed by atoms with Crippen molar-refractivity contribution in [2.24, 2.45) is 5.92 Å². The van der Waals surface area contributed by atoms with Crippen LogP contribution >= 0.6 is 11.8 Å². The molecule has 1 saturated heterocycles. The molecule has 4 nitrogen and oxygen atoms in total. The summed E-state index contributed by atoms with van der Waals surface area (Å²) in [6.45, 7) is 5.86. The Morgan fingerprint density at radius 2 is 1.77 bits per heavy atom. The molecule has 31 heavy (non-hydrogen) atoms. The van der Waals surface area contributed by atoms with Gasteiger partial charge in [-0.25, -0.2) is 4.79 Å². The van der Waals surface area contributed by atoms with Crippen LogP contribution in [-0.2, 0) is 15.7 Å². The molecule has 1 heterocycles. The Bertz CT molecular complexity index is 944. The van der Waals surface area contributed by atoms with Gasteiger partial charge in [-0.05, 0) is 42.2 Å². The Morgan fingerprint density at radius 1 is 1.13 bits per heavy atom. The summed E-state index contributed by atoms with van der Waals surface area (Å²) < 4.78 is 44.3. The van der Waals surface area contributed by atoms with E-state index in [4.69, 9.17) is 4.74 Å². The van der Waals surface area contributed by atoms with Gasteiger partial charge in [0.25, 0.3) is 5.91 Å². The molecule has 0 spiro atoms. The highest BCUT2D eigenvalue weighted by Gasteiger charge is 2.44. The van der Waals surface area contributed by atoms with E-state index in [0.29, 0.717) is 16.9 Å². The number of benzene rings is 2. The molecular weight excluding hydrogens is 427 g/mol. The van der Waals surface area contributed by atoms with Gasteiger partial charge in [0.2, 0.25) is 0 Å². The van der Waals surface area contributed by atoms with E-state index in [9.17, 15) is 22.8 Å². The molecule has 2 atom stereocenters. The molecule has 3 rings (SSSR count). The summed E-state index contributed by atoms with van der Waals surface area (Å²) >= 11 is 1.34. The predicted octanol–water partition coefficient (Wildman–Crippen LogP) is 5.47. The number of carbonyl (C=O) groups excluding carboxylic acids is 2. The Balaban J connectivity index is 1.95. The lowest BCUT2D eigenvalue weighted by Crippen LogP contribution is -2.44. The molecule has 1 fully saturated rings. The highest BCUT2D eigenvalue weighted by Crippen LogP contribution is 2.43. The molecule has 8 heteroatoms. The minimum absolute atomic E-state index is 0.143. The van der Waals surface area contributed by atoms with Crippen LogP contribution in [0.2, 0.25) is 0 Å². The van der Waals surface area contributed by atoms with Gasteiger partial charge in [0.1, 0.15) is 11.4 Å². The number of amides is 1. The fourth-order valence-corrected chi connectivity index (χ4v) is 4.74. The standard InChI is InChI=1S/C23H24F3NO3S/c1-14(2)12-30-22(29)19-13-31-21(16-8-10-17(11-9-16)23(24,25)26)27(19)20(28)18-7-5-4-6-15(18)3/h4-11,14,19,21H,12-13H2,1-3H3. The van der Waals surface area contributed by atoms with Gasteiger partial charge < -0.3 is 9.64 Å². The predicted molar refractivity (Wildman–Crippen MR) is 114 cm³/mol. The van der Waals surface area contributed by atoms with Crippen LogP contribution in [0, 0.1) is 12.8 Å². The van der Waals surface area contributed by atoms with E-state index in [-0.39, 0.29) is 18.4 Å². The number of hydrogen-bond acceptors (Lipinski definition) is 4. The third-order valence-electron chi connectivity index (χ3n) is 4.96. The average molecular weight is 452 g/mol. The van der Waals surface area contributed by atoms with Crippen molar-refractivity contribution in [3.05, 3.63) is 70.8 Å². The van der Waals surface area contributed by atoms with Gasteiger partial charge in [-0.15, -0.1) is 11.8 Å². The molecule has 0 N–H and O–H groups in total. The van der Waals surface area contributed by atoms with Crippen LogP contribution in [0.25, 0.3) is 0 Å². The van der Waals surface area contributed by atoms with Crippen LogP contribution < -0.4 is 0 Å². The normalized spacial score (nSPS) is 19.0. The maximum Gasteiger partial charge on any atom is 0.416 e. The quantitative estimate of drug-likeness (QED) is 0.566. The number of thioether (sulfide) groups is 1. The van der Waals surface area contributed by atoms with Crippen molar-refractivity contribution >= 4 is 23.6 Å². The third-order valence-corrected chi connectivity index (χ3v) is 6.29. The molecule has 2 aromatic carbocycles. The van der Waals surface area contributed by atoms with Gasteiger partial charge in [0.05, 0.1) is 12.2 Å². The first kappa shape index (κ1) is 23.2. The second-order valence-electron chi connectivity index (χ2n) is 7.87. The minimum Gasteiger partial charge on any atom is -0.464 e. The second-order valence-corrected chi connectivity index (χ2v) is 8.99. The molecule has 0 bridgehead atoms. The maximum absolute atomic E-state index is 13.5. The van der Waals surface area contributed by atoms with Crippen LogP contribution in [-0.4, -0.2) is 35.2 Å². The molecule has 0 aromatic heterocycles. The number of nitrogens with zero attached hydrogens (tertiary/aromatic N) is 1. The highest BCUT2D eigenvalue weighted by atomic mass is 32.2. The number of rotatable bonds is 5. The lowest BCUT2D eigenvalue weighted by Gasteiger charge is -2.29. The Kier molecular flexibility index (Phi) is 6.99. The largest absolute Gasteiger partial charge is 0.464 e. The lowest BCUT2D eigenvalue weighted by molar-refractivity contribution is -0.149. The van der Waals surface area contributed by atoms with Crippen LogP contribution in [0.3, 0.4) is 0 Å². The van der Waals surface area contributed by atoms with E-state index >= 15 is 0 Å². The highest BCUT2D eigenvalue weighted by molar-refractivity contribution is 7.99. The van der Waals surface area contributed by atoms with E-state index in [1.165, 1.54) is 28.8 Å². The Labute approximate surface area is 183 Å². The van der Waals surface area contributed by atoms with Gasteiger partial charge in [-0.1, -0.05) is 44.2 Å². The SMILES string of the molecule is Cc1ccccc1C(=O)N1C(C(=O)OCC(C)C)CSC1c1ccc(C(F)(F)F)cc1. The van der Waals surface area contributed by atoms with Crippen molar-refractivity contribution in [3.63, 3.8) is 0 Å². The molecular formula is C23H24F3NO3S. The Morgan fingerprint density at radius 3 is 2.35 bits per heavy atom. The zero-order valence-corrected chi connectivity index (χ0v) is 18.3. The molecule has 1 aliphatic heterocycles. The van der Waals surface area contributed by atoms with E-state index in [2.05, 4.69) is 0 Å². The summed E-state index contributed by atoms with van der Waals surface area (Å²) in [5, 5.41) is -0.592. The molecule has 0 aliphatic carbocycles. The first-order chi connectivity index (χ1) is 14.6. The summed E-state index contributed by atoms with van der Waals surface area (Å²) in [5.41, 5.74) is 0.969. The third kappa shape index (κ3) is 5.23. The van der Waals surface area contributed by atoms with Crippen molar-refractivity contribution in [1.82, 2.24) is 4.90 Å². The van der Waals surface area contributed by atoms with Crippen molar-refractivity contribution in [1.29, 1.82) is 0 Å². The number of carbonyl (C=O) groups is 2. The van der Waals surface area contributed by atoms with Gasteiger partial charge in [0, 0.05) is 11.3 Å². The molecule has 166 valence electrons. The van der Waals surface area contributed by atoms with Crippen LogP contribution in [0.4, 0.5) is 13.2 Å². The van der Waals surface area contributed by atoms with E-state index in [1.807, 2.05) is 19.9 Å². The van der Waals surface area contributed by atoms with Crippen LogP contribution in [0.1, 0.15) is 46.3 Å². The first-order valence-electron chi connectivity index (χ1n) is 9.93. The average Bonchev–Trinajstić information content (AvgIpc) is 3.16. The topological polar surface area (TPSA) is 46.6 Å². The van der Waals surface area contributed by atoms with Gasteiger partial charge in [-0.2, -0.15) is 13.2 Å². The van der Waals surface area contributed by atoms with Crippen LogP contribution in [0.5, 0.6) is 0 Å². The monoisotopic (exact) mass is 451 g/mol. The van der Waals surface area contributed by atoms with E-state index < -0.39 is 29.1 Å². The van der Waals surface area contributed by atoms with Crippen molar-refractivity contribution in [3.8, 4) is 0 Å². The smallest absolute Gasteiger partial charge is 0.416 e. The van der Waals surface area contributed by atoms with Gasteiger partial charge >= 0.3 is 12.1 Å². The number of esters is 1. The summed E-state index contributed by atoms with van der Waals surface area (Å²) in [6, 6.07) is 10.9. The van der Waals surface area contributed by atoms with Crippen LogP contribution in [0.15, 0.2) is 48.5 Å². The minimum atomic E-state index is -4.44. The number of hydrogen-bond donors (Lipinski definition) is 0. The number of aryl methyl sites for hydroxylation is 1. The zero-order valence-electron chi connectivity index (χ0n) is 17.5. The van der Waals surface area contributed by atoms with Crippen molar-refractivity contribution in [2.75, 3.05) is 12.4 Å². The van der Waals surface area contributed by atoms with E-state index in [1.54, 1.807) is 25.1 Å². The molecule has 0 radical (unpaired) electrons. The van der Waals surface area contributed by atoms with Crippen molar-refractivity contribution < 1.29 is 27.5 Å². The van der Waals surface area contributed by atoms with Gasteiger partial charge in [-0.3, -0.25) is 4.79 Å². The lowest BCUT2D eigenvalue weighted by atomic mass is 10.1. The number of alkyl halides is 3. The fourth-order valence-electron chi connectivity index (χ4n) is 3.33. The summed E-state index contributed by atoms with van der Waals surface area (Å²) in [7, 11) is 0. The summed E-state index contributed by atoms with van der Waals surface area (Å²) in [6.07, 6.45) is -4.44. The van der Waals surface area contributed by atoms with E-state index in [0.717, 1.165) is 17.7 Å². The first-order valence-corrected chi connectivity index (χ1v) is 11.0. The number of ether oxygens (including phenoxy) is 1. The molecule has 2 unspecified atom stereocenters. The molecule has 1 aliphatic rings. The number of halogens is 3. The maximum atomic E-state index is 13.5. The Hall–Kier alpha value is -2.48.